The third kappa shape index (κ3) is 6.42. The van der Waals surface area contributed by atoms with Crippen molar-refractivity contribution in [2.24, 2.45) is 0 Å². The molecule has 0 unspecified atom stereocenters. The van der Waals surface area contributed by atoms with E-state index in [1.165, 1.54) is 10.6 Å². The Bertz CT molecular complexity index is 1040. The standard InChI is InChI=1S/C27H33N3O2S/c1-27(2,3)26-28-23(20-33-26)18-29-14-7-15-30(17-16-29)25(31)19-32-24-12-10-22(11-13-24)21-8-5-4-6-9-21/h4-6,8-13,20H,7,14-19H2,1-3H3. The van der Waals surface area contributed by atoms with Gasteiger partial charge in [0.1, 0.15) is 5.75 Å². The van der Waals surface area contributed by atoms with Crippen LogP contribution in [-0.2, 0) is 16.8 Å². The van der Waals surface area contributed by atoms with Gasteiger partial charge in [0.05, 0.1) is 10.7 Å². The lowest BCUT2D eigenvalue weighted by atomic mass is 9.98. The summed E-state index contributed by atoms with van der Waals surface area (Å²) in [6.07, 6.45) is 0.966. The average Bonchev–Trinajstić information content (AvgIpc) is 3.17. The van der Waals surface area contributed by atoms with Crippen LogP contribution in [0.25, 0.3) is 11.1 Å². The van der Waals surface area contributed by atoms with Gasteiger partial charge in [0.2, 0.25) is 0 Å². The van der Waals surface area contributed by atoms with Crippen LogP contribution < -0.4 is 4.74 Å². The Morgan fingerprint density at radius 2 is 1.70 bits per heavy atom. The van der Waals surface area contributed by atoms with Crippen LogP contribution in [0.1, 0.15) is 37.9 Å². The third-order valence-electron chi connectivity index (χ3n) is 5.84. The van der Waals surface area contributed by atoms with Gasteiger partial charge in [-0.15, -0.1) is 11.3 Å². The van der Waals surface area contributed by atoms with Crippen molar-refractivity contribution in [2.45, 2.75) is 39.2 Å². The van der Waals surface area contributed by atoms with Crippen LogP contribution in [0.5, 0.6) is 5.75 Å². The van der Waals surface area contributed by atoms with Crippen molar-refractivity contribution >= 4 is 17.2 Å². The number of ether oxygens (including phenoxy) is 1. The number of carbonyl (C=O) groups excluding carboxylic acids is 1. The highest BCUT2D eigenvalue weighted by atomic mass is 32.1. The number of nitrogens with zero attached hydrogens (tertiary/aromatic N) is 3. The maximum absolute atomic E-state index is 12.8. The van der Waals surface area contributed by atoms with Crippen LogP contribution in [0.15, 0.2) is 60.0 Å². The van der Waals surface area contributed by atoms with Crippen LogP contribution >= 0.6 is 11.3 Å². The van der Waals surface area contributed by atoms with Crippen molar-refractivity contribution in [3.8, 4) is 16.9 Å². The highest BCUT2D eigenvalue weighted by molar-refractivity contribution is 7.09. The van der Waals surface area contributed by atoms with Gasteiger partial charge in [0, 0.05) is 43.5 Å². The van der Waals surface area contributed by atoms with Crippen molar-refractivity contribution in [1.82, 2.24) is 14.8 Å². The molecule has 0 aliphatic carbocycles. The summed E-state index contributed by atoms with van der Waals surface area (Å²) in [5, 5.41) is 3.35. The first-order chi connectivity index (χ1) is 15.9. The van der Waals surface area contributed by atoms with Gasteiger partial charge in [-0.3, -0.25) is 9.69 Å². The Kier molecular flexibility index (Phi) is 7.46. The number of amides is 1. The second-order valence-corrected chi connectivity index (χ2v) is 10.4. The molecule has 0 N–H and O–H groups in total. The molecule has 33 heavy (non-hydrogen) atoms. The van der Waals surface area contributed by atoms with E-state index in [0.29, 0.717) is 0 Å². The van der Waals surface area contributed by atoms with Crippen molar-refractivity contribution in [3.63, 3.8) is 0 Å². The minimum atomic E-state index is 0.0488. The molecule has 1 aliphatic rings. The van der Waals surface area contributed by atoms with Gasteiger partial charge in [0.25, 0.3) is 5.91 Å². The fourth-order valence-electron chi connectivity index (χ4n) is 3.94. The first kappa shape index (κ1) is 23.5. The molecule has 1 aliphatic heterocycles. The topological polar surface area (TPSA) is 45.7 Å². The lowest BCUT2D eigenvalue weighted by molar-refractivity contribution is -0.133. The minimum Gasteiger partial charge on any atom is -0.484 e. The van der Waals surface area contributed by atoms with E-state index in [2.05, 4.69) is 43.2 Å². The van der Waals surface area contributed by atoms with Crippen LogP contribution in [0, 0.1) is 0 Å². The molecule has 6 heteroatoms. The maximum atomic E-state index is 12.8. The molecule has 0 bridgehead atoms. The number of carbonyl (C=O) groups is 1. The van der Waals surface area contributed by atoms with E-state index in [1.807, 2.05) is 47.4 Å². The van der Waals surface area contributed by atoms with Gasteiger partial charge in [0.15, 0.2) is 6.61 Å². The number of benzene rings is 2. The highest BCUT2D eigenvalue weighted by Gasteiger charge is 2.22. The molecule has 0 radical (unpaired) electrons. The molecule has 1 aromatic heterocycles. The van der Waals surface area contributed by atoms with Gasteiger partial charge in [-0.1, -0.05) is 63.2 Å². The molecule has 174 valence electrons. The Morgan fingerprint density at radius 1 is 0.970 bits per heavy atom. The third-order valence-corrected chi connectivity index (χ3v) is 7.16. The Labute approximate surface area is 201 Å². The molecular formula is C27H33N3O2S. The van der Waals surface area contributed by atoms with Gasteiger partial charge >= 0.3 is 0 Å². The highest BCUT2D eigenvalue weighted by Crippen LogP contribution is 2.26. The van der Waals surface area contributed by atoms with E-state index >= 15 is 0 Å². The zero-order chi connectivity index (χ0) is 23.3. The van der Waals surface area contributed by atoms with Gasteiger partial charge in [-0.2, -0.15) is 0 Å². The summed E-state index contributed by atoms with van der Waals surface area (Å²) in [6.45, 7) is 10.9. The van der Waals surface area contributed by atoms with Gasteiger partial charge in [-0.25, -0.2) is 4.98 Å². The number of rotatable bonds is 6. The molecule has 1 amide bonds. The SMILES string of the molecule is CC(C)(C)c1nc(CN2CCCN(C(=O)COc3ccc(-c4ccccc4)cc3)CC2)cs1. The Morgan fingerprint density at radius 3 is 2.39 bits per heavy atom. The molecule has 0 spiro atoms. The predicted octanol–water partition coefficient (Wildman–Crippen LogP) is 5.22. The van der Waals surface area contributed by atoms with E-state index in [9.17, 15) is 4.79 Å². The quantitative estimate of drug-likeness (QED) is 0.503. The maximum Gasteiger partial charge on any atom is 0.260 e. The zero-order valence-electron chi connectivity index (χ0n) is 19.8. The normalized spacial score (nSPS) is 15.3. The van der Waals surface area contributed by atoms with Crippen molar-refractivity contribution < 1.29 is 9.53 Å². The van der Waals surface area contributed by atoms with Crippen LogP contribution in [0.3, 0.4) is 0 Å². The fraction of sp³-hybridized carbons (Fsp3) is 0.407. The van der Waals surface area contributed by atoms with E-state index < -0.39 is 0 Å². The summed E-state index contributed by atoms with van der Waals surface area (Å²) in [7, 11) is 0. The van der Waals surface area contributed by atoms with Crippen LogP contribution in [-0.4, -0.2) is 53.5 Å². The van der Waals surface area contributed by atoms with Gasteiger partial charge in [-0.05, 0) is 29.7 Å². The fourth-order valence-corrected chi connectivity index (χ4v) is 4.84. The molecule has 3 aromatic rings. The summed E-state index contributed by atoms with van der Waals surface area (Å²) < 4.78 is 5.80. The second-order valence-electron chi connectivity index (χ2n) is 9.58. The Balaban J connectivity index is 1.25. The average molecular weight is 464 g/mol. The lowest BCUT2D eigenvalue weighted by Crippen LogP contribution is -2.38. The Hall–Kier alpha value is -2.70. The summed E-state index contributed by atoms with van der Waals surface area (Å²) >= 11 is 1.74. The van der Waals surface area contributed by atoms with E-state index in [-0.39, 0.29) is 17.9 Å². The number of thiazole rings is 1. The molecule has 0 atom stereocenters. The summed E-state index contributed by atoms with van der Waals surface area (Å²) in [5.41, 5.74) is 3.53. The van der Waals surface area contributed by atoms with Crippen LogP contribution in [0.2, 0.25) is 0 Å². The van der Waals surface area contributed by atoms with Crippen molar-refractivity contribution in [2.75, 3.05) is 32.8 Å². The smallest absolute Gasteiger partial charge is 0.260 e. The predicted molar refractivity (Wildman–Crippen MR) is 135 cm³/mol. The van der Waals surface area contributed by atoms with E-state index in [1.54, 1.807) is 11.3 Å². The molecule has 2 aromatic carbocycles. The minimum absolute atomic E-state index is 0.0488. The molecule has 1 saturated heterocycles. The second kappa shape index (κ2) is 10.5. The summed E-state index contributed by atoms with van der Waals surface area (Å²) in [6, 6.07) is 18.2. The van der Waals surface area contributed by atoms with Crippen molar-refractivity contribution in [3.05, 3.63) is 70.7 Å². The molecule has 1 fully saturated rings. The van der Waals surface area contributed by atoms with E-state index in [4.69, 9.17) is 9.72 Å². The number of hydrogen-bond donors (Lipinski definition) is 0. The van der Waals surface area contributed by atoms with Crippen molar-refractivity contribution in [1.29, 1.82) is 0 Å². The zero-order valence-corrected chi connectivity index (χ0v) is 20.6. The summed E-state index contributed by atoms with van der Waals surface area (Å²) in [5.74, 6) is 0.769. The molecule has 0 saturated carbocycles. The van der Waals surface area contributed by atoms with E-state index in [0.717, 1.165) is 56.2 Å². The molecule has 5 nitrogen and oxygen atoms in total. The molecule has 4 rings (SSSR count). The van der Waals surface area contributed by atoms with Gasteiger partial charge < -0.3 is 9.64 Å². The lowest BCUT2D eigenvalue weighted by Gasteiger charge is -2.21. The monoisotopic (exact) mass is 463 g/mol. The number of hydrogen-bond acceptors (Lipinski definition) is 5. The first-order valence-electron chi connectivity index (χ1n) is 11.6. The largest absolute Gasteiger partial charge is 0.484 e. The summed E-state index contributed by atoms with van der Waals surface area (Å²) in [4.78, 5) is 21.9. The molecule has 2 heterocycles. The first-order valence-corrected chi connectivity index (χ1v) is 12.5. The molecular weight excluding hydrogens is 430 g/mol. The van der Waals surface area contributed by atoms with Crippen LogP contribution in [0.4, 0.5) is 0 Å². The number of aromatic nitrogens is 1.